The second kappa shape index (κ2) is 6.59. The topological polar surface area (TPSA) is 56.3 Å². The molecule has 2 N–H and O–H groups in total. The summed E-state index contributed by atoms with van der Waals surface area (Å²) in [5.74, 6) is 1.81. The third kappa shape index (κ3) is 2.94. The van der Waals surface area contributed by atoms with Gasteiger partial charge in [0.1, 0.15) is 0 Å². The van der Waals surface area contributed by atoms with Gasteiger partial charge in [0.25, 0.3) is 0 Å². The van der Waals surface area contributed by atoms with Crippen LogP contribution in [-0.4, -0.2) is 38.6 Å². The lowest BCUT2D eigenvalue weighted by Crippen LogP contribution is -2.59. The number of carbonyl (C=O) groups excluding carboxylic acids is 1. The van der Waals surface area contributed by atoms with Crippen LogP contribution in [0.15, 0.2) is 18.2 Å². The largest absolute Gasteiger partial charge is 0.390 e. The first-order valence-electron chi connectivity index (χ1n) is 12.1. The number of piperidine rings is 1. The van der Waals surface area contributed by atoms with E-state index in [4.69, 9.17) is 0 Å². The highest BCUT2D eigenvalue weighted by atomic mass is 16.3. The van der Waals surface area contributed by atoms with E-state index < -0.39 is 5.60 Å². The summed E-state index contributed by atoms with van der Waals surface area (Å²) in [4.78, 5) is 19.4. The van der Waals surface area contributed by atoms with Crippen LogP contribution in [0.25, 0.3) is 10.9 Å². The highest BCUT2D eigenvalue weighted by Gasteiger charge is 2.52. The summed E-state index contributed by atoms with van der Waals surface area (Å²) in [6, 6.07) is 7.13. The first-order valence-corrected chi connectivity index (χ1v) is 12.1. The number of amides is 1. The van der Waals surface area contributed by atoms with Crippen LogP contribution >= 0.6 is 0 Å². The van der Waals surface area contributed by atoms with Gasteiger partial charge in [0.2, 0.25) is 5.91 Å². The highest BCUT2D eigenvalue weighted by molar-refractivity contribution is 5.90. The van der Waals surface area contributed by atoms with Crippen molar-refractivity contribution in [3.63, 3.8) is 0 Å². The molecule has 160 valence electrons. The Hall–Kier alpha value is -1.81. The van der Waals surface area contributed by atoms with Crippen molar-refractivity contribution in [2.45, 2.75) is 101 Å². The van der Waals surface area contributed by atoms with Gasteiger partial charge in [-0.2, -0.15) is 0 Å². The minimum atomic E-state index is -0.510. The minimum Gasteiger partial charge on any atom is -0.390 e. The normalized spacial score (nSPS) is 33.8. The zero-order valence-electron chi connectivity index (χ0n) is 18.3. The van der Waals surface area contributed by atoms with E-state index in [1.54, 1.807) is 0 Å². The van der Waals surface area contributed by atoms with Crippen LogP contribution in [-0.2, 0) is 4.79 Å². The van der Waals surface area contributed by atoms with E-state index in [2.05, 4.69) is 41.9 Å². The van der Waals surface area contributed by atoms with Crippen LogP contribution < -0.4 is 0 Å². The lowest BCUT2D eigenvalue weighted by molar-refractivity contribution is -0.151. The molecule has 5 unspecified atom stereocenters. The lowest BCUT2D eigenvalue weighted by atomic mass is 9.71. The van der Waals surface area contributed by atoms with E-state index in [0.717, 1.165) is 32.1 Å². The molecule has 1 aromatic carbocycles. The van der Waals surface area contributed by atoms with Gasteiger partial charge in [0, 0.05) is 35.1 Å². The Kier molecular flexibility index (Phi) is 4.16. The summed E-state index contributed by atoms with van der Waals surface area (Å²) < 4.78 is 0. The standard InChI is InChI=1S/C26H34N2O2/c1-15(24-16(2)27-22-5-3-4-21(25(22)24)18-7-8-18)10-23(29)28-19-9-6-17-11-20(28)14-26(30,12-17)13-19/h3-5,15,17-20,27,30H,6-14H2,1-2H3. The number of H-pyrrole nitrogens is 1. The fourth-order valence-electron chi connectivity index (χ4n) is 7.37. The van der Waals surface area contributed by atoms with Crippen LogP contribution in [0.5, 0.6) is 0 Å². The Morgan fingerprint density at radius 2 is 2.00 bits per heavy atom. The average Bonchev–Trinajstić information content (AvgIpc) is 3.48. The van der Waals surface area contributed by atoms with Crippen molar-refractivity contribution in [3.8, 4) is 0 Å². The zero-order chi connectivity index (χ0) is 20.6. The number of nitrogens with zero attached hydrogens (tertiary/aromatic N) is 1. The van der Waals surface area contributed by atoms with Gasteiger partial charge < -0.3 is 15.0 Å². The van der Waals surface area contributed by atoms with Crippen molar-refractivity contribution >= 4 is 16.8 Å². The van der Waals surface area contributed by atoms with Crippen LogP contribution in [0, 0.1) is 12.8 Å². The summed E-state index contributed by atoms with van der Waals surface area (Å²) in [7, 11) is 0. The molecule has 1 aromatic heterocycles. The Morgan fingerprint density at radius 3 is 2.80 bits per heavy atom. The Balaban J connectivity index is 1.29. The molecular formula is C26H34N2O2. The molecule has 5 atom stereocenters. The Labute approximate surface area is 179 Å². The molecule has 2 aromatic rings. The summed E-state index contributed by atoms with van der Waals surface area (Å²) >= 11 is 0. The van der Waals surface area contributed by atoms with Gasteiger partial charge in [0.15, 0.2) is 0 Å². The maximum atomic E-state index is 13.6. The number of aliphatic hydroxyl groups is 1. The van der Waals surface area contributed by atoms with Gasteiger partial charge >= 0.3 is 0 Å². The molecule has 3 aliphatic carbocycles. The van der Waals surface area contributed by atoms with Crippen LogP contribution in [0.3, 0.4) is 0 Å². The fraction of sp³-hybridized carbons (Fsp3) is 0.654. The fourth-order valence-corrected chi connectivity index (χ4v) is 7.37. The lowest BCUT2D eigenvalue weighted by Gasteiger charge is -2.51. The zero-order valence-corrected chi connectivity index (χ0v) is 18.3. The van der Waals surface area contributed by atoms with Gasteiger partial charge in [-0.25, -0.2) is 0 Å². The molecule has 5 aliphatic rings. The first kappa shape index (κ1) is 18.9. The van der Waals surface area contributed by atoms with Crippen LogP contribution in [0.4, 0.5) is 0 Å². The van der Waals surface area contributed by atoms with Gasteiger partial charge in [-0.3, -0.25) is 4.79 Å². The van der Waals surface area contributed by atoms with Gasteiger partial charge in [0.05, 0.1) is 5.60 Å². The maximum Gasteiger partial charge on any atom is 0.223 e. The van der Waals surface area contributed by atoms with E-state index in [-0.39, 0.29) is 18.0 Å². The predicted molar refractivity (Wildman–Crippen MR) is 119 cm³/mol. The van der Waals surface area contributed by atoms with Gasteiger partial charge in [-0.1, -0.05) is 19.1 Å². The Bertz CT molecular complexity index is 1000. The average molecular weight is 407 g/mol. The van der Waals surface area contributed by atoms with E-state index >= 15 is 0 Å². The van der Waals surface area contributed by atoms with Gasteiger partial charge in [-0.15, -0.1) is 0 Å². The monoisotopic (exact) mass is 406 g/mol. The molecule has 3 saturated carbocycles. The SMILES string of the molecule is Cc1[nH]c2cccc(C3CC3)c2c1C(C)CC(=O)N1C2CCC3CC1CC(O)(C3)C2. The quantitative estimate of drug-likeness (QED) is 0.738. The molecule has 4 bridgehead atoms. The Morgan fingerprint density at radius 1 is 1.20 bits per heavy atom. The van der Waals surface area contributed by atoms with Crippen LogP contribution in [0.2, 0.25) is 0 Å². The smallest absolute Gasteiger partial charge is 0.223 e. The molecule has 3 heterocycles. The van der Waals surface area contributed by atoms with Crippen molar-refractivity contribution < 1.29 is 9.90 Å². The molecular weight excluding hydrogens is 372 g/mol. The van der Waals surface area contributed by atoms with Crippen molar-refractivity contribution in [2.24, 2.45) is 5.92 Å². The molecule has 1 amide bonds. The molecule has 0 radical (unpaired) electrons. The molecule has 4 heteroatoms. The maximum absolute atomic E-state index is 13.6. The number of nitrogens with one attached hydrogen (secondary N) is 1. The summed E-state index contributed by atoms with van der Waals surface area (Å²) in [5.41, 5.74) is 4.75. The third-order valence-corrected chi connectivity index (χ3v) is 8.57. The second-order valence-corrected chi connectivity index (χ2v) is 10.9. The molecule has 7 rings (SSSR count). The number of aryl methyl sites for hydroxylation is 1. The number of aromatic amines is 1. The molecule has 4 nitrogen and oxygen atoms in total. The number of fused-ring (bicyclic) bond motifs is 2. The first-order chi connectivity index (χ1) is 14.4. The number of aromatic nitrogens is 1. The number of hydrogen-bond acceptors (Lipinski definition) is 2. The molecule has 2 saturated heterocycles. The van der Waals surface area contributed by atoms with E-state index in [1.807, 2.05) is 0 Å². The summed E-state index contributed by atoms with van der Waals surface area (Å²) in [6.07, 6.45) is 9.03. The predicted octanol–water partition coefficient (Wildman–Crippen LogP) is 5.14. The van der Waals surface area contributed by atoms with E-state index in [1.165, 1.54) is 47.0 Å². The van der Waals surface area contributed by atoms with Crippen molar-refractivity contribution in [2.75, 3.05) is 0 Å². The molecule has 30 heavy (non-hydrogen) atoms. The third-order valence-electron chi connectivity index (χ3n) is 8.57. The minimum absolute atomic E-state index is 0.202. The summed E-state index contributed by atoms with van der Waals surface area (Å²) in [5, 5.41) is 12.4. The van der Waals surface area contributed by atoms with E-state index in [0.29, 0.717) is 24.2 Å². The second-order valence-electron chi connectivity index (χ2n) is 10.9. The number of benzene rings is 1. The number of carbonyl (C=O) groups is 1. The van der Waals surface area contributed by atoms with Crippen molar-refractivity contribution in [3.05, 3.63) is 35.0 Å². The summed E-state index contributed by atoms with van der Waals surface area (Å²) in [6.45, 7) is 4.40. The number of rotatable bonds is 4. The van der Waals surface area contributed by atoms with E-state index in [9.17, 15) is 9.90 Å². The van der Waals surface area contributed by atoms with Crippen LogP contribution in [0.1, 0.15) is 93.4 Å². The highest BCUT2D eigenvalue weighted by Crippen LogP contribution is 2.50. The molecule has 2 aliphatic heterocycles. The van der Waals surface area contributed by atoms with Crippen molar-refractivity contribution in [1.82, 2.24) is 9.88 Å². The molecule has 5 fully saturated rings. The number of hydrogen-bond donors (Lipinski definition) is 2. The van der Waals surface area contributed by atoms with Gasteiger partial charge in [-0.05, 0) is 93.2 Å². The molecule has 0 spiro atoms. The van der Waals surface area contributed by atoms with Crippen molar-refractivity contribution in [1.29, 1.82) is 0 Å².